The zero-order chi connectivity index (χ0) is 17.5. The maximum absolute atomic E-state index is 12.0. The summed E-state index contributed by atoms with van der Waals surface area (Å²) in [5.41, 5.74) is 0.535. The number of nitrogens with zero attached hydrogens (tertiary/aromatic N) is 2. The van der Waals surface area contributed by atoms with Crippen LogP contribution in [0.15, 0.2) is 27.0 Å². The Morgan fingerprint density at radius 2 is 2.17 bits per heavy atom. The Bertz CT molecular complexity index is 744. The molecule has 2 rings (SSSR count). The van der Waals surface area contributed by atoms with Crippen molar-refractivity contribution < 1.29 is 14.3 Å². The van der Waals surface area contributed by atoms with Crippen molar-refractivity contribution in [3.8, 4) is 0 Å². The lowest BCUT2D eigenvalue weighted by Gasteiger charge is -2.06. The largest absolute Gasteiger partial charge is 0.450 e. The fraction of sp³-hybridized carbons (Fsp3) is 0.231. The minimum Gasteiger partial charge on any atom is -0.450 e. The highest BCUT2D eigenvalue weighted by atomic mass is 79.9. The number of thioether (sulfide) groups is 1. The highest BCUT2D eigenvalue weighted by molar-refractivity contribution is 9.10. The topological polar surface area (TPSA) is 93.2 Å². The lowest BCUT2D eigenvalue weighted by molar-refractivity contribution is -0.113. The summed E-state index contributed by atoms with van der Waals surface area (Å²) in [6.07, 6.45) is -0.590. The van der Waals surface area contributed by atoms with Gasteiger partial charge in [0.1, 0.15) is 0 Å². The van der Waals surface area contributed by atoms with Gasteiger partial charge in [-0.05, 0) is 25.1 Å². The lowest BCUT2D eigenvalue weighted by atomic mass is 10.3. The first-order chi connectivity index (χ1) is 11.5. The molecule has 128 valence electrons. The van der Waals surface area contributed by atoms with E-state index >= 15 is 0 Å². The highest BCUT2D eigenvalue weighted by Crippen LogP contribution is 2.28. The van der Waals surface area contributed by atoms with Gasteiger partial charge in [0.15, 0.2) is 4.34 Å². The molecule has 7 nitrogen and oxygen atoms in total. The molecule has 0 aliphatic rings. The van der Waals surface area contributed by atoms with E-state index in [1.165, 1.54) is 11.8 Å². The van der Waals surface area contributed by atoms with Gasteiger partial charge in [-0.3, -0.25) is 10.1 Å². The number of amides is 2. The van der Waals surface area contributed by atoms with E-state index < -0.39 is 6.09 Å². The normalized spacial score (nSPS) is 10.3. The van der Waals surface area contributed by atoms with Gasteiger partial charge in [0, 0.05) is 4.47 Å². The molecule has 0 aliphatic heterocycles. The van der Waals surface area contributed by atoms with E-state index in [4.69, 9.17) is 16.3 Å². The van der Waals surface area contributed by atoms with Gasteiger partial charge in [-0.25, -0.2) is 4.79 Å². The van der Waals surface area contributed by atoms with Gasteiger partial charge >= 0.3 is 6.09 Å². The zero-order valence-electron chi connectivity index (χ0n) is 12.3. The first kappa shape index (κ1) is 19.0. The number of halogens is 2. The van der Waals surface area contributed by atoms with E-state index in [2.05, 4.69) is 36.8 Å². The Morgan fingerprint density at radius 1 is 1.38 bits per heavy atom. The molecule has 0 radical (unpaired) electrons. The molecule has 2 amide bonds. The van der Waals surface area contributed by atoms with Crippen LogP contribution in [0.5, 0.6) is 0 Å². The molecule has 11 heteroatoms. The summed E-state index contributed by atoms with van der Waals surface area (Å²) in [6, 6.07) is 5.19. The average molecular weight is 452 g/mol. The van der Waals surface area contributed by atoms with Crippen molar-refractivity contribution in [1.29, 1.82) is 0 Å². The number of hydrogen-bond acceptors (Lipinski definition) is 7. The number of anilines is 2. The SMILES string of the molecule is CCOC(=O)Nc1nnc(SCC(=O)Nc2ccc(Br)cc2Cl)s1. The summed E-state index contributed by atoms with van der Waals surface area (Å²) in [7, 11) is 0. The number of carbonyl (C=O) groups is 2. The Kier molecular flexibility index (Phi) is 7.28. The van der Waals surface area contributed by atoms with Crippen LogP contribution in [0.2, 0.25) is 5.02 Å². The predicted molar refractivity (Wildman–Crippen MR) is 99.1 cm³/mol. The van der Waals surface area contributed by atoms with Crippen molar-refractivity contribution in [2.24, 2.45) is 0 Å². The van der Waals surface area contributed by atoms with Gasteiger partial charge in [0.25, 0.3) is 0 Å². The summed E-state index contributed by atoms with van der Waals surface area (Å²) in [6.45, 7) is 1.97. The molecule has 2 N–H and O–H groups in total. The average Bonchev–Trinajstić information content (AvgIpc) is 2.96. The maximum Gasteiger partial charge on any atom is 0.413 e. The van der Waals surface area contributed by atoms with Crippen LogP contribution in [-0.2, 0) is 9.53 Å². The van der Waals surface area contributed by atoms with Crippen LogP contribution in [0.1, 0.15) is 6.92 Å². The summed E-state index contributed by atoms with van der Waals surface area (Å²) < 4.78 is 6.12. The molecule has 0 fully saturated rings. The number of ether oxygens (including phenoxy) is 1. The van der Waals surface area contributed by atoms with Crippen LogP contribution in [0.3, 0.4) is 0 Å². The van der Waals surface area contributed by atoms with E-state index in [1.807, 2.05) is 0 Å². The van der Waals surface area contributed by atoms with E-state index in [9.17, 15) is 9.59 Å². The smallest absolute Gasteiger partial charge is 0.413 e. The van der Waals surface area contributed by atoms with Gasteiger partial charge in [0.2, 0.25) is 11.0 Å². The van der Waals surface area contributed by atoms with Crippen LogP contribution < -0.4 is 10.6 Å². The van der Waals surface area contributed by atoms with E-state index in [-0.39, 0.29) is 18.3 Å². The van der Waals surface area contributed by atoms with Crippen LogP contribution >= 0.6 is 50.6 Å². The fourth-order valence-corrected chi connectivity index (χ4v) is 3.74. The zero-order valence-corrected chi connectivity index (χ0v) is 16.3. The number of rotatable bonds is 6. The number of nitrogens with one attached hydrogen (secondary N) is 2. The summed E-state index contributed by atoms with van der Waals surface area (Å²) in [5.74, 6) is -0.0835. The fourth-order valence-electron chi connectivity index (χ4n) is 1.48. The predicted octanol–water partition coefficient (Wildman–Crippen LogP) is 4.25. The van der Waals surface area contributed by atoms with Crippen LogP contribution in [0, 0.1) is 0 Å². The van der Waals surface area contributed by atoms with Crippen molar-refractivity contribution in [1.82, 2.24) is 10.2 Å². The van der Waals surface area contributed by atoms with Crippen LogP contribution in [0.4, 0.5) is 15.6 Å². The molecular formula is C13H12BrClN4O3S2. The van der Waals surface area contributed by atoms with Crippen molar-refractivity contribution in [2.45, 2.75) is 11.3 Å². The first-order valence-corrected chi connectivity index (χ1v) is 9.60. The minimum atomic E-state index is -0.590. The molecule has 0 saturated heterocycles. The molecule has 0 saturated carbocycles. The molecule has 1 aromatic carbocycles. The Hall–Kier alpha value is -1.36. The van der Waals surface area contributed by atoms with Gasteiger partial charge in [-0.2, -0.15) is 0 Å². The number of benzene rings is 1. The second-order valence-corrected chi connectivity index (χ2v) is 7.70. The first-order valence-electron chi connectivity index (χ1n) is 6.63. The van der Waals surface area contributed by atoms with E-state index in [1.54, 1.807) is 25.1 Å². The molecule has 1 heterocycles. The summed E-state index contributed by atoms with van der Waals surface area (Å²) in [4.78, 5) is 23.2. The minimum absolute atomic E-state index is 0.139. The van der Waals surface area contributed by atoms with Crippen molar-refractivity contribution >= 4 is 73.4 Å². The number of hydrogen-bond donors (Lipinski definition) is 2. The molecule has 0 bridgehead atoms. The second kappa shape index (κ2) is 9.21. The standard InChI is InChI=1S/C13H12BrClN4O3S2/c1-2-22-12(21)17-11-18-19-13(24-11)23-6-10(20)16-9-4-3-7(14)5-8(9)15/h3-5H,2,6H2,1H3,(H,16,20)(H,17,18,21). The van der Waals surface area contributed by atoms with Crippen LogP contribution in [0.25, 0.3) is 0 Å². The Balaban J connectivity index is 1.83. The van der Waals surface area contributed by atoms with Gasteiger partial charge < -0.3 is 10.1 Å². The maximum atomic E-state index is 12.0. The summed E-state index contributed by atoms with van der Waals surface area (Å²) >= 11 is 11.7. The Labute approximate surface area is 159 Å². The van der Waals surface area contributed by atoms with Gasteiger partial charge in [-0.1, -0.05) is 50.6 Å². The van der Waals surface area contributed by atoms with E-state index in [0.717, 1.165) is 15.8 Å². The molecule has 24 heavy (non-hydrogen) atoms. The molecule has 1 aromatic heterocycles. The number of carbonyl (C=O) groups excluding carboxylic acids is 2. The quantitative estimate of drug-likeness (QED) is 0.504. The lowest BCUT2D eigenvalue weighted by Crippen LogP contribution is -2.14. The molecule has 2 aromatic rings. The second-order valence-electron chi connectivity index (χ2n) is 4.18. The monoisotopic (exact) mass is 450 g/mol. The van der Waals surface area contributed by atoms with Crippen molar-refractivity contribution in [3.05, 3.63) is 27.7 Å². The van der Waals surface area contributed by atoms with Crippen LogP contribution in [-0.4, -0.2) is 34.6 Å². The Morgan fingerprint density at radius 3 is 2.88 bits per heavy atom. The molecule has 0 unspecified atom stereocenters. The van der Waals surface area contributed by atoms with Gasteiger partial charge in [0.05, 0.1) is 23.1 Å². The number of aromatic nitrogens is 2. The van der Waals surface area contributed by atoms with E-state index in [0.29, 0.717) is 20.2 Å². The third kappa shape index (κ3) is 5.93. The highest BCUT2D eigenvalue weighted by Gasteiger charge is 2.12. The van der Waals surface area contributed by atoms with Crippen molar-refractivity contribution in [2.75, 3.05) is 23.0 Å². The third-order valence-electron chi connectivity index (χ3n) is 2.42. The molecule has 0 atom stereocenters. The third-order valence-corrected chi connectivity index (χ3v) is 5.20. The van der Waals surface area contributed by atoms with Gasteiger partial charge in [-0.15, -0.1) is 10.2 Å². The molecule has 0 aliphatic carbocycles. The molecule has 0 spiro atoms. The summed E-state index contributed by atoms with van der Waals surface area (Å²) in [5, 5.41) is 13.6. The van der Waals surface area contributed by atoms with Crippen molar-refractivity contribution in [3.63, 3.8) is 0 Å². The molecular weight excluding hydrogens is 440 g/mol.